The fourth-order valence-electron chi connectivity index (χ4n) is 4.80. The second-order valence-electron chi connectivity index (χ2n) is 8.41. The van der Waals surface area contributed by atoms with Gasteiger partial charge in [0.2, 0.25) is 0 Å². The molecule has 0 spiro atoms. The summed E-state index contributed by atoms with van der Waals surface area (Å²) < 4.78 is 0. The predicted octanol–water partition coefficient (Wildman–Crippen LogP) is 6.52. The van der Waals surface area contributed by atoms with Crippen molar-refractivity contribution in [2.75, 3.05) is 0 Å². The van der Waals surface area contributed by atoms with Crippen LogP contribution in [0.4, 0.5) is 0 Å². The Morgan fingerprint density at radius 3 is 2.22 bits per heavy atom. The molecule has 3 aromatic carbocycles. The van der Waals surface area contributed by atoms with Crippen molar-refractivity contribution in [3.8, 4) is 0 Å². The summed E-state index contributed by atoms with van der Waals surface area (Å²) in [5.41, 5.74) is 4.45. The zero-order chi connectivity index (χ0) is 19.3. The van der Waals surface area contributed by atoms with Crippen LogP contribution in [0.2, 0.25) is 0 Å². The average Bonchev–Trinajstić information content (AvgIpc) is 2.68. The lowest BCUT2D eigenvalue weighted by Gasteiger charge is -2.31. The van der Waals surface area contributed by atoms with E-state index in [2.05, 4.69) is 94.4 Å². The summed E-state index contributed by atoms with van der Waals surface area (Å²) in [5.74, 6) is 0.612. The third-order valence-corrected chi connectivity index (χ3v) is 6.10. The molecular weight excluding hydrogens is 323 g/mol. The monoisotopic (exact) mass is 356 g/mol. The Labute approximate surface area is 166 Å². The first-order valence-electron chi connectivity index (χ1n) is 10.6. The minimum atomic E-state index is 0.155. The van der Waals surface area contributed by atoms with Gasteiger partial charge in [-0.25, -0.2) is 0 Å². The lowest BCUT2D eigenvalue weighted by atomic mass is 9.45. The van der Waals surface area contributed by atoms with E-state index in [1.54, 1.807) is 0 Å². The molecule has 0 aliphatic heterocycles. The smallest absolute Gasteiger partial charge is 0.0835 e. The molecule has 140 valence electrons. The van der Waals surface area contributed by atoms with Crippen LogP contribution >= 0.6 is 0 Å². The van der Waals surface area contributed by atoms with E-state index in [-0.39, 0.29) is 5.31 Å². The molecule has 0 heterocycles. The quantitative estimate of drug-likeness (QED) is 0.403. The molecule has 0 nitrogen and oxygen atoms in total. The minimum absolute atomic E-state index is 0.155. The van der Waals surface area contributed by atoms with Gasteiger partial charge in [-0.2, -0.15) is 0 Å². The van der Waals surface area contributed by atoms with E-state index >= 15 is 0 Å². The van der Waals surface area contributed by atoms with Gasteiger partial charge in [0.25, 0.3) is 0 Å². The fourth-order valence-corrected chi connectivity index (χ4v) is 4.80. The Kier molecular flexibility index (Phi) is 6.42. The third-order valence-electron chi connectivity index (χ3n) is 6.10. The maximum absolute atomic E-state index is 2.46. The highest BCUT2D eigenvalue weighted by molar-refractivity contribution is 6.57. The first kappa shape index (κ1) is 19.7. The third kappa shape index (κ3) is 4.29. The van der Waals surface area contributed by atoms with Crippen molar-refractivity contribution in [2.24, 2.45) is 0 Å². The fraction of sp³-hybridized carbons (Fsp3) is 0.385. The van der Waals surface area contributed by atoms with Crippen molar-refractivity contribution in [1.29, 1.82) is 0 Å². The van der Waals surface area contributed by atoms with Crippen LogP contribution in [0.3, 0.4) is 0 Å². The molecule has 3 rings (SSSR count). The molecule has 2 unspecified atom stereocenters. The Bertz CT molecular complexity index is 868. The summed E-state index contributed by atoms with van der Waals surface area (Å²) >= 11 is 0. The van der Waals surface area contributed by atoms with E-state index < -0.39 is 0 Å². The maximum Gasteiger partial charge on any atom is 0.169 e. The molecule has 0 aromatic heterocycles. The Morgan fingerprint density at radius 1 is 0.815 bits per heavy atom. The summed E-state index contributed by atoms with van der Waals surface area (Å²) in [6.07, 6.45) is 4.89. The molecule has 0 saturated carbocycles. The van der Waals surface area contributed by atoms with Gasteiger partial charge in [0.1, 0.15) is 0 Å². The van der Waals surface area contributed by atoms with E-state index in [1.165, 1.54) is 53.0 Å². The average molecular weight is 356 g/mol. The first-order valence-corrected chi connectivity index (χ1v) is 10.6. The SMILES string of the molecule is CCCC(C)c1cccc2c(C(C)(Bc3ccccc3)CCC)cccc12. The Morgan fingerprint density at radius 2 is 1.52 bits per heavy atom. The molecule has 0 radical (unpaired) electrons. The summed E-state index contributed by atoms with van der Waals surface area (Å²) in [4.78, 5) is 0. The molecule has 0 bridgehead atoms. The molecule has 0 saturated heterocycles. The topological polar surface area (TPSA) is 0 Å². The number of hydrogen-bond donors (Lipinski definition) is 0. The molecule has 0 N–H and O–H groups in total. The molecule has 27 heavy (non-hydrogen) atoms. The van der Waals surface area contributed by atoms with Gasteiger partial charge >= 0.3 is 0 Å². The lowest BCUT2D eigenvalue weighted by molar-refractivity contribution is 0.594. The summed E-state index contributed by atoms with van der Waals surface area (Å²) in [6, 6.07) is 24.9. The number of hydrogen-bond acceptors (Lipinski definition) is 0. The molecule has 3 aromatic rings. The van der Waals surface area contributed by atoms with Gasteiger partial charge in [-0.15, -0.1) is 0 Å². The van der Waals surface area contributed by atoms with Crippen molar-refractivity contribution in [2.45, 2.75) is 64.6 Å². The predicted molar refractivity (Wildman–Crippen MR) is 123 cm³/mol. The second-order valence-corrected chi connectivity index (χ2v) is 8.41. The lowest BCUT2D eigenvalue weighted by Crippen LogP contribution is -2.37. The van der Waals surface area contributed by atoms with Crippen LogP contribution in [0.15, 0.2) is 66.7 Å². The van der Waals surface area contributed by atoms with Crippen LogP contribution in [0.25, 0.3) is 10.8 Å². The van der Waals surface area contributed by atoms with Crippen molar-refractivity contribution in [3.63, 3.8) is 0 Å². The molecular formula is C26H33B. The van der Waals surface area contributed by atoms with Crippen LogP contribution in [0, 0.1) is 0 Å². The molecule has 0 aliphatic rings. The van der Waals surface area contributed by atoms with Gasteiger partial charge in [-0.3, -0.25) is 0 Å². The van der Waals surface area contributed by atoms with Crippen LogP contribution in [0.1, 0.15) is 70.4 Å². The largest absolute Gasteiger partial charge is 0.169 e. The Hall–Kier alpha value is -2.02. The summed E-state index contributed by atoms with van der Waals surface area (Å²) in [7, 11) is 1.09. The van der Waals surface area contributed by atoms with E-state index in [9.17, 15) is 0 Å². The molecule has 2 atom stereocenters. The van der Waals surface area contributed by atoms with Crippen LogP contribution in [0.5, 0.6) is 0 Å². The van der Waals surface area contributed by atoms with E-state index in [4.69, 9.17) is 0 Å². The van der Waals surface area contributed by atoms with Crippen LogP contribution in [-0.4, -0.2) is 7.28 Å². The summed E-state index contributed by atoms with van der Waals surface area (Å²) in [6.45, 7) is 9.43. The van der Waals surface area contributed by atoms with Crippen molar-refractivity contribution < 1.29 is 0 Å². The summed E-state index contributed by atoms with van der Waals surface area (Å²) in [5, 5.41) is 3.05. The van der Waals surface area contributed by atoms with Crippen LogP contribution < -0.4 is 5.46 Å². The van der Waals surface area contributed by atoms with Crippen molar-refractivity contribution >= 4 is 23.5 Å². The Balaban J connectivity index is 2.11. The highest BCUT2D eigenvalue weighted by Crippen LogP contribution is 2.36. The number of benzene rings is 3. The van der Waals surface area contributed by atoms with Gasteiger partial charge in [0.15, 0.2) is 7.28 Å². The van der Waals surface area contributed by atoms with E-state index in [1.807, 2.05) is 0 Å². The van der Waals surface area contributed by atoms with E-state index in [0.717, 1.165) is 7.28 Å². The normalized spacial score (nSPS) is 14.7. The van der Waals surface area contributed by atoms with Gasteiger partial charge in [0, 0.05) is 0 Å². The molecule has 0 aliphatic carbocycles. The highest BCUT2D eigenvalue weighted by atomic mass is 14.2. The standard InChI is InChI=1S/C26H33B/c1-5-12-20(3)22-15-10-17-24-23(22)16-11-18-25(24)26(4,19-6-2)27-21-13-8-7-9-14-21/h7-11,13-18,20,27H,5-6,12,19H2,1-4H3. The zero-order valence-electron chi connectivity index (χ0n) is 17.5. The molecule has 1 heteroatoms. The van der Waals surface area contributed by atoms with Crippen molar-refractivity contribution in [1.82, 2.24) is 0 Å². The highest BCUT2D eigenvalue weighted by Gasteiger charge is 2.29. The maximum atomic E-state index is 2.46. The van der Waals surface area contributed by atoms with E-state index in [0.29, 0.717) is 5.92 Å². The van der Waals surface area contributed by atoms with Gasteiger partial charge in [-0.1, -0.05) is 119 Å². The minimum Gasteiger partial charge on any atom is -0.0835 e. The van der Waals surface area contributed by atoms with Gasteiger partial charge < -0.3 is 0 Å². The number of fused-ring (bicyclic) bond motifs is 1. The second kappa shape index (κ2) is 8.78. The molecule has 0 amide bonds. The van der Waals surface area contributed by atoms with Gasteiger partial charge in [0.05, 0.1) is 0 Å². The first-order chi connectivity index (χ1) is 13.1. The van der Waals surface area contributed by atoms with Gasteiger partial charge in [-0.05, 0) is 39.6 Å². The number of rotatable bonds is 8. The van der Waals surface area contributed by atoms with Crippen molar-refractivity contribution in [3.05, 3.63) is 77.9 Å². The zero-order valence-corrected chi connectivity index (χ0v) is 17.5. The van der Waals surface area contributed by atoms with Crippen LogP contribution in [-0.2, 0) is 5.31 Å². The molecule has 0 fully saturated rings.